The van der Waals surface area contributed by atoms with Gasteiger partial charge in [-0.05, 0) is 31.7 Å². The summed E-state index contributed by atoms with van der Waals surface area (Å²) in [5.41, 5.74) is 1.08. The number of carbonyl (C=O) groups is 1. The zero-order valence-electron chi connectivity index (χ0n) is 10.6. The van der Waals surface area contributed by atoms with Gasteiger partial charge in [-0.1, -0.05) is 29.7 Å². The molecular weight excluding hydrogens is 248 g/mol. The van der Waals surface area contributed by atoms with Crippen LogP contribution < -0.4 is 5.32 Å². The van der Waals surface area contributed by atoms with Gasteiger partial charge in [-0.25, -0.2) is 0 Å². The molecule has 3 nitrogen and oxygen atoms in total. The molecule has 0 spiro atoms. The van der Waals surface area contributed by atoms with E-state index >= 15 is 0 Å². The van der Waals surface area contributed by atoms with Crippen molar-refractivity contribution in [1.82, 2.24) is 10.2 Å². The molecule has 0 aromatic heterocycles. The van der Waals surface area contributed by atoms with E-state index in [1.165, 1.54) is 0 Å². The molecule has 0 saturated carbocycles. The van der Waals surface area contributed by atoms with Crippen LogP contribution in [-0.4, -0.2) is 30.9 Å². The molecule has 0 aliphatic heterocycles. The average molecular weight is 265 g/mol. The number of benzene rings is 1. The van der Waals surface area contributed by atoms with Crippen molar-refractivity contribution in [3.05, 3.63) is 34.9 Å². The van der Waals surface area contributed by atoms with Crippen molar-refractivity contribution < 1.29 is 4.79 Å². The highest BCUT2D eigenvalue weighted by molar-refractivity contribution is 6.30. The van der Waals surface area contributed by atoms with E-state index in [0.717, 1.165) is 5.56 Å². The van der Waals surface area contributed by atoms with Gasteiger partial charge in [0.05, 0.1) is 13.1 Å². The lowest BCUT2D eigenvalue weighted by molar-refractivity contribution is -0.122. The molecule has 0 saturated heterocycles. The summed E-state index contributed by atoms with van der Waals surface area (Å²) >= 11 is 5.95. The fourth-order valence-electron chi connectivity index (χ4n) is 1.59. The molecule has 0 bridgehead atoms. The molecular formula is C14H17ClN2O. The van der Waals surface area contributed by atoms with Gasteiger partial charge in [0.25, 0.3) is 0 Å². The fraction of sp³-hybridized carbons (Fsp3) is 0.357. The van der Waals surface area contributed by atoms with Crippen LogP contribution in [-0.2, 0) is 4.79 Å². The largest absolute Gasteiger partial charge is 0.344 e. The van der Waals surface area contributed by atoms with Gasteiger partial charge in [-0.15, -0.1) is 6.42 Å². The first-order valence-corrected chi connectivity index (χ1v) is 6.08. The molecule has 1 aromatic rings. The van der Waals surface area contributed by atoms with Crippen LogP contribution in [0, 0.1) is 12.3 Å². The lowest BCUT2D eigenvalue weighted by atomic mass is 10.1. The van der Waals surface area contributed by atoms with Crippen molar-refractivity contribution in [3.8, 4) is 12.3 Å². The molecule has 0 fully saturated rings. The number of carbonyl (C=O) groups excluding carboxylic acids is 1. The second-order valence-electron chi connectivity index (χ2n) is 4.13. The van der Waals surface area contributed by atoms with Crippen molar-refractivity contribution >= 4 is 17.5 Å². The summed E-state index contributed by atoms with van der Waals surface area (Å²) in [4.78, 5) is 13.5. The van der Waals surface area contributed by atoms with Gasteiger partial charge in [-0.3, -0.25) is 9.69 Å². The molecule has 1 rings (SSSR count). The van der Waals surface area contributed by atoms with E-state index in [4.69, 9.17) is 18.0 Å². The maximum Gasteiger partial charge on any atom is 0.234 e. The smallest absolute Gasteiger partial charge is 0.234 e. The summed E-state index contributed by atoms with van der Waals surface area (Å²) in [5.74, 6) is 2.29. The summed E-state index contributed by atoms with van der Waals surface area (Å²) in [6.45, 7) is 2.59. The molecule has 4 heteroatoms. The van der Waals surface area contributed by atoms with Crippen LogP contribution in [0.5, 0.6) is 0 Å². The van der Waals surface area contributed by atoms with E-state index in [-0.39, 0.29) is 18.5 Å². The minimum absolute atomic E-state index is 0.0793. The molecule has 1 N–H and O–H groups in total. The predicted molar refractivity (Wildman–Crippen MR) is 74.3 cm³/mol. The van der Waals surface area contributed by atoms with E-state index in [0.29, 0.717) is 11.6 Å². The Balaban J connectivity index is 2.59. The quantitative estimate of drug-likeness (QED) is 0.826. The van der Waals surface area contributed by atoms with Crippen molar-refractivity contribution in [3.63, 3.8) is 0 Å². The lowest BCUT2D eigenvalue weighted by Crippen LogP contribution is -2.36. The first kappa shape index (κ1) is 14.6. The zero-order valence-corrected chi connectivity index (χ0v) is 11.4. The Kier molecular flexibility index (Phi) is 5.70. The SMILES string of the molecule is C#CCNC(=O)CN(C)C(C)c1cccc(Cl)c1. The molecule has 1 atom stereocenters. The minimum atomic E-state index is -0.0793. The Bertz CT molecular complexity index is 453. The van der Waals surface area contributed by atoms with Gasteiger partial charge in [-0.2, -0.15) is 0 Å². The van der Waals surface area contributed by atoms with Crippen molar-refractivity contribution in [2.24, 2.45) is 0 Å². The zero-order chi connectivity index (χ0) is 13.5. The molecule has 18 heavy (non-hydrogen) atoms. The van der Waals surface area contributed by atoms with E-state index in [1.807, 2.05) is 43.1 Å². The Morgan fingerprint density at radius 2 is 2.33 bits per heavy atom. The highest BCUT2D eigenvalue weighted by Gasteiger charge is 2.14. The second-order valence-corrected chi connectivity index (χ2v) is 4.56. The van der Waals surface area contributed by atoms with Crippen LogP contribution in [0.2, 0.25) is 5.02 Å². The topological polar surface area (TPSA) is 32.3 Å². The third kappa shape index (κ3) is 4.40. The van der Waals surface area contributed by atoms with E-state index in [1.54, 1.807) is 0 Å². The van der Waals surface area contributed by atoms with Gasteiger partial charge in [0.2, 0.25) is 5.91 Å². The summed E-state index contributed by atoms with van der Waals surface area (Å²) in [5, 5.41) is 3.34. The molecule has 0 heterocycles. The molecule has 0 radical (unpaired) electrons. The third-order valence-electron chi connectivity index (χ3n) is 2.77. The summed E-state index contributed by atoms with van der Waals surface area (Å²) in [7, 11) is 1.89. The van der Waals surface area contributed by atoms with Crippen LogP contribution >= 0.6 is 11.6 Å². The highest BCUT2D eigenvalue weighted by atomic mass is 35.5. The van der Waals surface area contributed by atoms with Gasteiger partial charge in [0, 0.05) is 11.1 Å². The summed E-state index contributed by atoms with van der Waals surface area (Å²) in [6, 6.07) is 7.74. The maximum atomic E-state index is 11.5. The van der Waals surface area contributed by atoms with Crippen molar-refractivity contribution in [1.29, 1.82) is 0 Å². The Hall–Kier alpha value is -1.50. The molecule has 1 amide bonds. The van der Waals surface area contributed by atoms with Crippen LogP contribution in [0.1, 0.15) is 18.5 Å². The van der Waals surface area contributed by atoms with E-state index < -0.39 is 0 Å². The normalized spacial score (nSPS) is 11.9. The molecule has 0 aliphatic rings. The van der Waals surface area contributed by atoms with Gasteiger partial charge >= 0.3 is 0 Å². The average Bonchev–Trinajstić information content (AvgIpc) is 2.35. The Morgan fingerprint density at radius 3 is 2.94 bits per heavy atom. The number of amides is 1. The van der Waals surface area contributed by atoms with Crippen molar-refractivity contribution in [2.75, 3.05) is 20.1 Å². The monoisotopic (exact) mass is 264 g/mol. The Labute approximate surface area is 113 Å². The lowest BCUT2D eigenvalue weighted by Gasteiger charge is -2.24. The number of rotatable bonds is 5. The number of terminal acetylenes is 1. The minimum Gasteiger partial charge on any atom is -0.344 e. The van der Waals surface area contributed by atoms with Gasteiger partial charge in [0.1, 0.15) is 0 Å². The predicted octanol–water partition coefficient (Wildman–Crippen LogP) is 2.08. The van der Waals surface area contributed by atoms with Crippen LogP contribution in [0.25, 0.3) is 0 Å². The first-order valence-electron chi connectivity index (χ1n) is 5.70. The van der Waals surface area contributed by atoms with Crippen LogP contribution in [0.4, 0.5) is 0 Å². The highest BCUT2D eigenvalue weighted by Crippen LogP contribution is 2.21. The molecule has 1 aromatic carbocycles. The fourth-order valence-corrected chi connectivity index (χ4v) is 1.79. The number of likely N-dealkylation sites (N-methyl/N-ethyl adjacent to an activating group) is 1. The number of nitrogens with one attached hydrogen (secondary N) is 1. The Morgan fingerprint density at radius 1 is 1.61 bits per heavy atom. The summed E-state index contributed by atoms with van der Waals surface area (Å²) < 4.78 is 0. The second kappa shape index (κ2) is 7.05. The number of hydrogen-bond donors (Lipinski definition) is 1. The number of nitrogens with zero attached hydrogens (tertiary/aromatic N) is 1. The van der Waals surface area contributed by atoms with E-state index in [2.05, 4.69) is 11.2 Å². The van der Waals surface area contributed by atoms with Crippen molar-refractivity contribution in [2.45, 2.75) is 13.0 Å². The number of halogens is 1. The van der Waals surface area contributed by atoms with Gasteiger partial charge < -0.3 is 5.32 Å². The molecule has 96 valence electrons. The maximum absolute atomic E-state index is 11.5. The van der Waals surface area contributed by atoms with Gasteiger partial charge in [0.15, 0.2) is 0 Å². The molecule has 1 unspecified atom stereocenters. The van der Waals surface area contributed by atoms with Crippen LogP contribution in [0.15, 0.2) is 24.3 Å². The third-order valence-corrected chi connectivity index (χ3v) is 3.01. The summed E-state index contributed by atoms with van der Waals surface area (Å²) in [6.07, 6.45) is 5.08. The molecule has 0 aliphatic carbocycles. The standard InChI is InChI=1S/C14H17ClN2O/c1-4-8-16-14(18)10-17(3)11(2)12-6-5-7-13(15)9-12/h1,5-7,9,11H,8,10H2,2-3H3,(H,16,18). The van der Waals surface area contributed by atoms with E-state index in [9.17, 15) is 4.79 Å². The first-order chi connectivity index (χ1) is 8.54. The number of hydrogen-bond acceptors (Lipinski definition) is 2. The van der Waals surface area contributed by atoms with Crippen LogP contribution in [0.3, 0.4) is 0 Å².